The molecule has 0 aliphatic carbocycles. The summed E-state index contributed by atoms with van der Waals surface area (Å²) in [5.41, 5.74) is 0.759. The van der Waals surface area contributed by atoms with Gasteiger partial charge < -0.3 is 18.3 Å². The number of carbonyl (C=O) groups excluding carboxylic acids is 2. The Morgan fingerprint density at radius 3 is 1.27 bits per heavy atom. The van der Waals surface area contributed by atoms with Crippen LogP contribution in [-0.2, 0) is 27.9 Å². The molecule has 6 nitrogen and oxygen atoms in total. The molecule has 0 heterocycles. The molecule has 30 heavy (non-hydrogen) atoms. The highest BCUT2D eigenvalue weighted by Crippen LogP contribution is 2.09. The van der Waals surface area contributed by atoms with Crippen LogP contribution in [0.1, 0.15) is 13.8 Å². The van der Waals surface area contributed by atoms with Gasteiger partial charge >= 0.3 is 11.9 Å². The number of esters is 2. The lowest BCUT2D eigenvalue weighted by atomic mass is 10.4. The van der Waals surface area contributed by atoms with Crippen molar-refractivity contribution in [3.05, 3.63) is 48.6 Å². The SMILES string of the molecule is C=C(C)C(=O)OCCO[Si](C)(C)c1ccc([Si](C)(C)OCCOC(=O)C(=C)C)cc1. The molecular formula is C22H34O6Si2. The molecule has 0 aliphatic heterocycles. The van der Waals surface area contributed by atoms with Crippen molar-refractivity contribution in [1.29, 1.82) is 0 Å². The van der Waals surface area contributed by atoms with Gasteiger partial charge in [0.05, 0.1) is 13.2 Å². The van der Waals surface area contributed by atoms with E-state index in [0.717, 1.165) is 10.4 Å². The summed E-state index contributed by atoms with van der Waals surface area (Å²) in [6, 6.07) is 8.34. The van der Waals surface area contributed by atoms with Crippen molar-refractivity contribution >= 4 is 38.9 Å². The number of hydrogen-bond donors (Lipinski definition) is 0. The average Bonchev–Trinajstić information content (AvgIpc) is 2.68. The van der Waals surface area contributed by atoms with Crippen molar-refractivity contribution in [2.75, 3.05) is 26.4 Å². The molecule has 1 rings (SSSR count). The fourth-order valence-corrected chi connectivity index (χ4v) is 6.01. The van der Waals surface area contributed by atoms with Crippen molar-refractivity contribution in [1.82, 2.24) is 0 Å². The van der Waals surface area contributed by atoms with E-state index in [-0.39, 0.29) is 13.2 Å². The maximum Gasteiger partial charge on any atom is 0.333 e. The molecule has 0 spiro atoms. The Kier molecular flexibility index (Phi) is 9.89. The fourth-order valence-electron chi connectivity index (χ4n) is 2.55. The molecule has 0 atom stereocenters. The van der Waals surface area contributed by atoms with Crippen LogP contribution < -0.4 is 10.4 Å². The van der Waals surface area contributed by atoms with Crippen LogP contribution in [0.15, 0.2) is 48.6 Å². The predicted molar refractivity (Wildman–Crippen MR) is 124 cm³/mol. The first-order valence-corrected chi connectivity index (χ1v) is 15.7. The molecule has 0 radical (unpaired) electrons. The van der Waals surface area contributed by atoms with E-state index in [1.807, 2.05) is 0 Å². The predicted octanol–water partition coefficient (Wildman–Crippen LogP) is 2.78. The molecule has 0 saturated carbocycles. The third kappa shape index (κ3) is 8.39. The van der Waals surface area contributed by atoms with Gasteiger partial charge in [0.25, 0.3) is 0 Å². The molecule has 0 amide bonds. The first-order valence-electron chi connectivity index (χ1n) is 9.91. The lowest BCUT2D eigenvalue weighted by Gasteiger charge is -2.26. The lowest BCUT2D eigenvalue weighted by Crippen LogP contribution is -2.49. The molecule has 0 N–H and O–H groups in total. The molecule has 0 fully saturated rings. The second kappa shape index (κ2) is 11.4. The van der Waals surface area contributed by atoms with Crippen LogP contribution in [0.2, 0.25) is 26.2 Å². The summed E-state index contributed by atoms with van der Waals surface area (Å²) in [5, 5.41) is 2.30. The molecule has 166 valence electrons. The van der Waals surface area contributed by atoms with Crippen LogP contribution in [0.4, 0.5) is 0 Å². The standard InChI is InChI=1S/C22H34O6Si2/c1-17(2)21(23)25-13-15-27-29(5,6)19-9-11-20(12-10-19)30(7,8)28-16-14-26-22(24)18(3)4/h9-12H,1,3,13-16H2,2,4-8H3. The Labute approximate surface area is 182 Å². The quantitative estimate of drug-likeness (QED) is 0.211. The van der Waals surface area contributed by atoms with E-state index in [1.165, 1.54) is 0 Å². The topological polar surface area (TPSA) is 71.1 Å². The first kappa shape index (κ1) is 26.0. The Hall–Kier alpha value is -2.01. The Morgan fingerprint density at radius 2 is 1.00 bits per heavy atom. The summed E-state index contributed by atoms with van der Waals surface area (Å²) in [4.78, 5) is 22.8. The molecule has 0 unspecified atom stereocenters. The molecule has 0 aliphatic rings. The summed E-state index contributed by atoms with van der Waals surface area (Å²) >= 11 is 0. The molecule has 0 aromatic heterocycles. The number of ether oxygens (including phenoxy) is 2. The summed E-state index contributed by atoms with van der Waals surface area (Å²) in [6.45, 7) is 19.9. The monoisotopic (exact) mass is 450 g/mol. The second-order valence-electron chi connectivity index (χ2n) is 8.13. The molecular weight excluding hydrogens is 416 g/mol. The summed E-state index contributed by atoms with van der Waals surface area (Å²) in [5.74, 6) is -0.798. The van der Waals surface area contributed by atoms with Gasteiger partial charge in [-0.15, -0.1) is 0 Å². The van der Waals surface area contributed by atoms with E-state index in [0.29, 0.717) is 24.4 Å². The third-order valence-electron chi connectivity index (χ3n) is 4.53. The van der Waals surface area contributed by atoms with Crippen LogP contribution in [0.25, 0.3) is 0 Å². The van der Waals surface area contributed by atoms with Gasteiger partial charge in [0.2, 0.25) is 16.6 Å². The van der Waals surface area contributed by atoms with Crippen molar-refractivity contribution in [2.45, 2.75) is 40.0 Å². The van der Waals surface area contributed by atoms with Crippen LogP contribution in [0.5, 0.6) is 0 Å². The highest BCUT2D eigenvalue weighted by Gasteiger charge is 2.29. The van der Waals surface area contributed by atoms with Crippen LogP contribution in [-0.4, -0.2) is 55.0 Å². The highest BCUT2D eigenvalue weighted by molar-refractivity contribution is 6.86. The van der Waals surface area contributed by atoms with E-state index in [9.17, 15) is 9.59 Å². The normalized spacial score (nSPS) is 11.7. The van der Waals surface area contributed by atoms with Gasteiger partial charge in [-0.1, -0.05) is 37.4 Å². The summed E-state index contributed by atoms with van der Waals surface area (Å²) in [7, 11) is -4.24. The highest BCUT2D eigenvalue weighted by atomic mass is 28.4. The first-order chi connectivity index (χ1) is 13.9. The molecule has 1 aromatic carbocycles. The third-order valence-corrected chi connectivity index (χ3v) is 9.83. The van der Waals surface area contributed by atoms with Crippen molar-refractivity contribution < 1.29 is 27.9 Å². The molecule has 8 heteroatoms. The van der Waals surface area contributed by atoms with Gasteiger partial charge in [0, 0.05) is 11.1 Å². The summed E-state index contributed by atoms with van der Waals surface area (Å²) < 4.78 is 22.3. The number of hydrogen-bond acceptors (Lipinski definition) is 6. The van der Waals surface area contributed by atoms with Crippen LogP contribution in [0, 0.1) is 0 Å². The fraction of sp³-hybridized carbons (Fsp3) is 0.455. The van der Waals surface area contributed by atoms with Crippen LogP contribution in [0.3, 0.4) is 0 Å². The summed E-state index contributed by atoms with van der Waals surface area (Å²) in [6.07, 6.45) is 0. The average molecular weight is 451 g/mol. The van der Waals surface area contributed by atoms with Gasteiger partial charge in [0.15, 0.2) is 0 Å². The number of benzene rings is 1. The minimum Gasteiger partial charge on any atom is -0.460 e. The van der Waals surface area contributed by atoms with E-state index >= 15 is 0 Å². The molecule has 0 saturated heterocycles. The maximum atomic E-state index is 11.4. The second-order valence-corrected chi connectivity index (χ2v) is 15.9. The Balaban J connectivity index is 2.58. The van der Waals surface area contributed by atoms with Crippen LogP contribution >= 0.6 is 0 Å². The van der Waals surface area contributed by atoms with Gasteiger partial charge in [0.1, 0.15) is 13.2 Å². The van der Waals surface area contributed by atoms with Gasteiger partial charge in [-0.3, -0.25) is 0 Å². The zero-order valence-corrected chi connectivity index (χ0v) is 21.0. The van der Waals surface area contributed by atoms with E-state index in [4.69, 9.17) is 18.3 Å². The zero-order chi connectivity index (χ0) is 22.9. The van der Waals surface area contributed by atoms with Gasteiger partial charge in [-0.2, -0.15) is 0 Å². The van der Waals surface area contributed by atoms with E-state index in [2.05, 4.69) is 63.6 Å². The smallest absolute Gasteiger partial charge is 0.333 e. The van der Waals surface area contributed by atoms with Crippen molar-refractivity contribution in [3.8, 4) is 0 Å². The van der Waals surface area contributed by atoms with Gasteiger partial charge in [-0.25, -0.2) is 9.59 Å². The minimum absolute atomic E-state index is 0.212. The molecule has 0 bridgehead atoms. The minimum atomic E-state index is -2.12. The lowest BCUT2D eigenvalue weighted by molar-refractivity contribution is -0.140. The maximum absolute atomic E-state index is 11.4. The van der Waals surface area contributed by atoms with Crippen molar-refractivity contribution in [3.63, 3.8) is 0 Å². The number of rotatable bonds is 12. The van der Waals surface area contributed by atoms with Gasteiger partial charge in [-0.05, 0) is 50.4 Å². The Bertz CT molecular complexity index is 703. The largest absolute Gasteiger partial charge is 0.460 e. The zero-order valence-electron chi connectivity index (χ0n) is 19.0. The number of carbonyl (C=O) groups is 2. The van der Waals surface area contributed by atoms with E-state index < -0.39 is 28.6 Å². The Morgan fingerprint density at radius 1 is 0.700 bits per heavy atom. The van der Waals surface area contributed by atoms with E-state index in [1.54, 1.807) is 13.8 Å². The molecule has 1 aromatic rings. The van der Waals surface area contributed by atoms with Crippen molar-refractivity contribution in [2.24, 2.45) is 0 Å².